The molecule has 5 N–H and O–H groups in total. The number of nitrogens with zero attached hydrogens (tertiary/aromatic N) is 2. The van der Waals surface area contributed by atoms with Gasteiger partial charge in [0.25, 0.3) is 11.6 Å². The van der Waals surface area contributed by atoms with Gasteiger partial charge in [-0.3, -0.25) is 14.9 Å². The zero-order chi connectivity index (χ0) is 15.3. The molecule has 1 rings (SSSR count). The molecule has 0 atom stereocenters. The van der Waals surface area contributed by atoms with Crippen molar-refractivity contribution >= 4 is 27.4 Å². The topological polar surface area (TPSA) is 171 Å². The van der Waals surface area contributed by atoms with Gasteiger partial charge in [-0.15, -0.1) is 0 Å². The van der Waals surface area contributed by atoms with Crippen molar-refractivity contribution in [1.29, 1.82) is 0 Å². The summed E-state index contributed by atoms with van der Waals surface area (Å²) in [6, 6.07) is 1.08. The maximum absolute atomic E-state index is 11.8. The summed E-state index contributed by atoms with van der Waals surface area (Å²) in [5, 5.41) is 17.9. The van der Waals surface area contributed by atoms with E-state index in [0.717, 1.165) is 12.3 Å². The number of sulfonamides is 1. The average molecular weight is 303 g/mol. The molecule has 1 heterocycles. The number of carbonyl (C=O) groups excluding carboxylic acids is 1. The van der Waals surface area contributed by atoms with Crippen LogP contribution in [-0.2, 0) is 10.0 Å². The van der Waals surface area contributed by atoms with Gasteiger partial charge < -0.3 is 11.1 Å². The molecule has 11 heteroatoms. The number of hydrogen-bond donors (Lipinski definition) is 3. The van der Waals surface area contributed by atoms with Crippen molar-refractivity contribution in [2.75, 3.05) is 18.0 Å². The summed E-state index contributed by atoms with van der Waals surface area (Å²) in [6.07, 6.45) is 0.980. The lowest BCUT2D eigenvalue weighted by molar-refractivity contribution is -0.385. The van der Waals surface area contributed by atoms with Crippen LogP contribution in [0.1, 0.15) is 16.8 Å². The number of nitrogens with two attached hydrogens (primary N) is 2. The van der Waals surface area contributed by atoms with Crippen LogP contribution in [0.3, 0.4) is 0 Å². The standard InChI is InChI=1S/C9H13N5O5S/c10-8-4-6(7(5-13-8)14(16)17)9(15)12-2-1-3-20(11,18)19/h4-5H,1-3H2,(H2,10,13)(H,12,15)(H2,11,18,19). The maximum atomic E-state index is 11.8. The fourth-order valence-electron chi connectivity index (χ4n) is 1.36. The lowest BCUT2D eigenvalue weighted by atomic mass is 10.2. The molecule has 0 saturated heterocycles. The van der Waals surface area contributed by atoms with Gasteiger partial charge in [-0.1, -0.05) is 0 Å². The van der Waals surface area contributed by atoms with E-state index in [4.69, 9.17) is 10.9 Å². The molecule has 1 aromatic heterocycles. The van der Waals surface area contributed by atoms with Crippen molar-refractivity contribution in [3.8, 4) is 0 Å². The van der Waals surface area contributed by atoms with Gasteiger partial charge in [0.15, 0.2) is 0 Å². The van der Waals surface area contributed by atoms with Crippen LogP contribution in [0.2, 0.25) is 0 Å². The summed E-state index contributed by atoms with van der Waals surface area (Å²) < 4.78 is 21.4. The van der Waals surface area contributed by atoms with E-state index in [2.05, 4.69) is 10.3 Å². The van der Waals surface area contributed by atoms with E-state index in [0.29, 0.717) is 0 Å². The Balaban J connectivity index is 2.72. The minimum absolute atomic E-state index is 0.00858. The fraction of sp³-hybridized carbons (Fsp3) is 0.333. The number of anilines is 1. The van der Waals surface area contributed by atoms with Crippen molar-refractivity contribution in [3.63, 3.8) is 0 Å². The van der Waals surface area contributed by atoms with Crippen LogP contribution in [0.4, 0.5) is 11.5 Å². The molecule has 0 saturated carbocycles. The predicted octanol–water partition coefficient (Wildman–Crippen LogP) is -1.02. The van der Waals surface area contributed by atoms with Gasteiger partial charge in [0.2, 0.25) is 10.0 Å². The Kier molecular flexibility index (Phi) is 4.94. The average Bonchev–Trinajstić information content (AvgIpc) is 2.32. The van der Waals surface area contributed by atoms with Crippen molar-refractivity contribution in [3.05, 3.63) is 27.9 Å². The van der Waals surface area contributed by atoms with Crippen LogP contribution in [-0.4, -0.2) is 36.5 Å². The number of hydrogen-bond acceptors (Lipinski definition) is 7. The quantitative estimate of drug-likeness (QED) is 0.342. The van der Waals surface area contributed by atoms with Crippen LogP contribution < -0.4 is 16.2 Å². The zero-order valence-corrected chi connectivity index (χ0v) is 11.1. The molecule has 0 aliphatic carbocycles. The second-order valence-electron chi connectivity index (χ2n) is 3.86. The van der Waals surface area contributed by atoms with E-state index in [1.165, 1.54) is 0 Å². The van der Waals surface area contributed by atoms with Crippen molar-refractivity contribution in [2.24, 2.45) is 5.14 Å². The molecular weight excluding hydrogens is 290 g/mol. The lowest BCUT2D eigenvalue weighted by Gasteiger charge is -2.05. The number of primary sulfonamides is 1. The number of carbonyl (C=O) groups is 1. The SMILES string of the molecule is Nc1cc(C(=O)NCCCS(N)(=O)=O)c([N+](=O)[O-])cn1. The highest BCUT2D eigenvalue weighted by Gasteiger charge is 2.20. The number of nitrogens with one attached hydrogen (secondary N) is 1. The third-order valence-electron chi connectivity index (χ3n) is 2.24. The molecule has 1 amide bonds. The Morgan fingerprint density at radius 2 is 2.15 bits per heavy atom. The van der Waals surface area contributed by atoms with Crippen LogP contribution in [0.5, 0.6) is 0 Å². The first kappa shape index (κ1) is 15.8. The van der Waals surface area contributed by atoms with Crippen molar-refractivity contribution in [2.45, 2.75) is 6.42 Å². The molecular formula is C9H13N5O5S. The first-order valence-electron chi connectivity index (χ1n) is 5.39. The molecule has 1 aromatic rings. The van der Waals surface area contributed by atoms with E-state index in [-0.39, 0.29) is 30.1 Å². The zero-order valence-electron chi connectivity index (χ0n) is 10.3. The molecule has 0 spiro atoms. The predicted molar refractivity (Wildman–Crippen MR) is 70.2 cm³/mol. The summed E-state index contributed by atoms with van der Waals surface area (Å²) in [7, 11) is -3.60. The van der Waals surface area contributed by atoms with Gasteiger partial charge in [-0.25, -0.2) is 18.5 Å². The van der Waals surface area contributed by atoms with E-state index in [1.54, 1.807) is 0 Å². The Morgan fingerprint density at radius 3 is 2.70 bits per heavy atom. The lowest BCUT2D eigenvalue weighted by Crippen LogP contribution is -2.28. The van der Waals surface area contributed by atoms with E-state index in [9.17, 15) is 23.3 Å². The van der Waals surface area contributed by atoms with Gasteiger partial charge in [-0.2, -0.15) is 0 Å². The van der Waals surface area contributed by atoms with Crippen LogP contribution in [0.15, 0.2) is 12.3 Å². The second-order valence-corrected chi connectivity index (χ2v) is 5.59. The van der Waals surface area contributed by atoms with Gasteiger partial charge in [0.1, 0.15) is 17.6 Å². The minimum atomic E-state index is -3.60. The molecule has 0 aliphatic rings. The smallest absolute Gasteiger partial charge is 0.300 e. The highest BCUT2D eigenvalue weighted by Crippen LogP contribution is 2.18. The number of rotatable bonds is 6. The summed E-state index contributed by atoms with van der Waals surface area (Å²) in [5.41, 5.74) is 4.65. The highest BCUT2D eigenvalue weighted by molar-refractivity contribution is 7.89. The molecule has 0 radical (unpaired) electrons. The second kappa shape index (κ2) is 6.25. The van der Waals surface area contributed by atoms with E-state index >= 15 is 0 Å². The van der Waals surface area contributed by atoms with Crippen molar-refractivity contribution in [1.82, 2.24) is 10.3 Å². The molecule has 20 heavy (non-hydrogen) atoms. The van der Waals surface area contributed by atoms with Crippen LogP contribution >= 0.6 is 0 Å². The number of nitro groups is 1. The fourth-order valence-corrected chi connectivity index (χ4v) is 1.91. The first-order valence-corrected chi connectivity index (χ1v) is 7.11. The van der Waals surface area contributed by atoms with E-state index < -0.39 is 26.5 Å². The third kappa shape index (κ3) is 4.78. The number of aromatic nitrogens is 1. The largest absolute Gasteiger partial charge is 0.384 e. The number of nitrogen functional groups attached to an aromatic ring is 1. The highest BCUT2D eigenvalue weighted by atomic mass is 32.2. The Hall–Kier alpha value is -2.27. The van der Waals surface area contributed by atoms with Crippen LogP contribution in [0, 0.1) is 10.1 Å². The third-order valence-corrected chi connectivity index (χ3v) is 3.09. The summed E-state index contributed by atoms with van der Waals surface area (Å²) in [4.78, 5) is 25.3. The molecule has 0 aliphatic heterocycles. The molecule has 0 unspecified atom stereocenters. The van der Waals surface area contributed by atoms with Crippen molar-refractivity contribution < 1.29 is 18.1 Å². The normalized spacial score (nSPS) is 11.1. The Bertz CT molecular complexity index is 630. The molecule has 0 fully saturated rings. The summed E-state index contributed by atoms with van der Waals surface area (Å²) >= 11 is 0. The molecule has 0 bridgehead atoms. The van der Waals surface area contributed by atoms with E-state index in [1.807, 2.05) is 0 Å². The molecule has 0 aromatic carbocycles. The monoisotopic (exact) mass is 303 g/mol. The van der Waals surface area contributed by atoms with Gasteiger partial charge >= 0.3 is 0 Å². The molecule has 110 valence electrons. The van der Waals surface area contributed by atoms with Crippen LogP contribution in [0.25, 0.3) is 0 Å². The number of amides is 1. The molecule has 10 nitrogen and oxygen atoms in total. The number of pyridine rings is 1. The summed E-state index contributed by atoms with van der Waals surface area (Å²) in [6.45, 7) is 0.00858. The maximum Gasteiger partial charge on any atom is 0.300 e. The Morgan fingerprint density at radius 1 is 1.50 bits per heavy atom. The Labute approximate surface area is 114 Å². The van der Waals surface area contributed by atoms with Gasteiger partial charge in [0, 0.05) is 6.54 Å². The van der Waals surface area contributed by atoms with Gasteiger partial charge in [-0.05, 0) is 12.5 Å². The summed E-state index contributed by atoms with van der Waals surface area (Å²) in [5.74, 6) is -1.07. The van der Waals surface area contributed by atoms with Gasteiger partial charge in [0.05, 0.1) is 10.7 Å². The minimum Gasteiger partial charge on any atom is -0.384 e. The first-order chi connectivity index (χ1) is 9.20.